The first kappa shape index (κ1) is 14.2. The van der Waals surface area contributed by atoms with Crippen LogP contribution in [0.2, 0.25) is 0 Å². The molecule has 1 aliphatic carbocycles. The number of thioether (sulfide) groups is 1. The van der Waals surface area contributed by atoms with Crippen LogP contribution in [0.3, 0.4) is 0 Å². The quantitative estimate of drug-likeness (QED) is 0.850. The molecule has 1 unspecified atom stereocenters. The van der Waals surface area contributed by atoms with E-state index in [9.17, 15) is 4.79 Å². The maximum atomic E-state index is 12.2. The number of amidine groups is 1. The lowest BCUT2D eigenvalue weighted by Gasteiger charge is -2.30. The summed E-state index contributed by atoms with van der Waals surface area (Å²) in [6.45, 7) is 4.15. The molecule has 1 amide bonds. The Labute approximate surface area is 125 Å². The average molecular weight is 295 g/mol. The van der Waals surface area contributed by atoms with E-state index >= 15 is 0 Å². The number of nitrogens with one attached hydrogen (secondary N) is 1. The molecule has 1 saturated heterocycles. The molecule has 0 aromatic rings. The fourth-order valence-electron chi connectivity index (χ4n) is 3.34. The van der Waals surface area contributed by atoms with Gasteiger partial charge in [0.05, 0.1) is 17.8 Å². The number of rotatable bonds is 2. The Morgan fingerprint density at radius 2 is 2.05 bits per heavy atom. The molecule has 2 aliphatic heterocycles. The van der Waals surface area contributed by atoms with Crippen LogP contribution in [0.4, 0.5) is 0 Å². The van der Waals surface area contributed by atoms with Gasteiger partial charge in [0.15, 0.2) is 5.17 Å². The maximum absolute atomic E-state index is 12.2. The first-order valence-corrected chi connectivity index (χ1v) is 8.96. The molecule has 0 aromatic carbocycles. The van der Waals surface area contributed by atoms with Gasteiger partial charge in [-0.25, -0.2) is 0 Å². The monoisotopic (exact) mass is 295 g/mol. The maximum Gasteiger partial charge on any atom is 0.233 e. The second-order valence-corrected chi connectivity index (χ2v) is 7.35. The van der Waals surface area contributed by atoms with Crippen molar-refractivity contribution in [2.24, 2.45) is 10.9 Å². The van der Waals surface area contributed by atoms with E-state index in [0.29, 0.717) is 17.8 Å². The zero-order chi connectivity index (χ0) is 13.9. The van der Waals surface area contributed by atoms with Crippen LogP contribution >= 0.6 is 11.8 Å². The van der Waals surface area contributed by atoms with E-state index in [2.05, 4.69) is 12.2 Å². The highest BCUT2D eigenvalue weighted by Gasteiger charge is 2.31. The highest BCUT2D eigenvalue weighted by molar-refractivity contribution is 8.14. The van der Waals surface area contributed by atoms with Gasteiger partial charge in [0.25, 0.3) is 0 Å². The molecular weight excluding hydrogens is 270 g/mol. The minimum Gasteiger partial charge on any atom is -0.360 e. The van der Waals surface area contributed by atoms with Crippen molar-refractivity contribution >= 4 is 22.8 Å². The molecule has 1 N–H and O–H groups in total. The highest BCUT2D eigenvalue weighted by atomic mass is 32.2. The topological polar surface area (TPSA) is 44.7 Å². The zero-order valence-electron chi connectivity index (χ0n) is 12.3. The third kappa shape index (κ3) is 3.30. The van der Waals surface area contributed by atoms with Crippen molar-refractivity contribution in [2.75, 3.05) is 18.8 Å². The number of fused-ring (bicyclic) bond motifs is 1. The Hall–Kier alpha value is -0.710. The molecule has 5 heteroatoms. The van der Waals surface area contributed by atoms with Gasteiger partial charge >= 0.3 is 0 Å². The number of carbonyl (C=O) groups excluding carboxylic acids is 1. The average Bonchev–Trinajstić information content (AvgIpc) is 2.88. The van der Waals surface area contributed by atoms with E-state index < -0.39 is 0 Å². The third-order valence-electron chi connectivity index (χ3n) is 4.79. The van der Waals surface area contributed by atoms with E-state index in [0.717, 1.165) is 37.0 Å². The van der Waals surface area contributed by atoms with Gasteiger partial charge in [-0.3, -0.25) is 9.79 Å². The molecule has 0 radical (unpaired) electrons. The SMILES string of the molecule is CC1CCN(C(=O)CSC2=NC3CCCC[C@H]3N2)CC1. The predicted octanol–water partition coefficient (Wildman–Crippen LogP) is 2.25. The van der Waals surface area contributed by atoms with Crippen LogP contribution in [-0.2, 0) is 4.79 Å². The number of hydrogen-bond acceptors (Lipinski definition) is 4. The first-order valence-electron chi connectivity index (χ1n) is 7.97. The lowest BCUT2D eigenvalue weighted by molar-refractivity contribution is -0.129. The lowest BCUT2D eigenvalue weighted by atomic mass is 9.92. The zero-order valence-corrected chi connectivity index (χ0v) is 13.1. The molecular formula is C15H25N3OS. The Morgan fingerprint density at radius 1 is 1.30 bits per heavy atom. The van der Waals surface area contributed by atoms with E-state index in [-0.39, 0.29) is 5.91 Å². The van der Waals surface area contributed by atoms with Crippen LogP contribution in [0.15, 0.2) is 4.99 Å². The van der Waals surface area contributed by atoms with Crippen molar-refractivity contribution in [3.05, 3.63) is 0 Å². The second-order valence-electron chi connectivity index (χ2n) is 6.39. The summed E-state index contributed by atoms with van der Waals surface area (Å²) in [5.74, 6) is 1.59. The van der Waals surface area contributed by atoms with Crippen molar-refractivity contribution in [1.82, 2.24) is 10.2 Å². The Balaban J connectivity index is 1.44. The Morgan fingerprint density at radius 3 is 2.80 bits per heavy atom. The van der Waals surface area contributed by atoms with Crippen LogP contribution in [0.25, 0.3) is 0 Å². The van der Waals surface area contributed by atoms with Crippen molar-refractivity contribution in [3.8, 4) is 0 Å². The van der Waals surface area contributed by atoms with Crippen molar-refractivity contribution < 1.29 is 4.79 Å². The molecule has 2 atom stereocenters. The molecule has 3 rings (SSSR count). The molecule has 1 saturated carbocycles. The van der Waals surface area contributed by atoms with Crippen molar-refractivity contribution in [3.63, 3.8) is 0 Å². The van der Waals surface area contributed by atoms with E-state index in [4.69, 9.17) is 4.99 Å². The standard InChI is InChI=1S/C15H25N3OS/c1-11-6-8-18(9-7-11)14(19)10-20-15-16-12-4-2-3-5-13(12)17-15/h11-13H,2-10H2,1H3,(H,16,17)/t12-,13?/m1/s1. The van der Waals surface area contributed by atoms with Gasteiger partial charge in [0.1, 0.15) is 0 Å². The number of hydrogen-bond donors (Lipinski definition) is 1. The van der Waals surface area contributed by atoms with Crippen LogP contribution in [0, 0.1) is 5.92 Å². The van der Waals surface area contributed by atoms with Crippen LogP contribution in [0.5, 0.6) is 0 Å². The Bertz CT molecular complexity index is 391. The largest absolute Gasteiger partial charge is 0.360 e. The van der Waals surface area contributed by atoms with Crippen LogP contribution in [0.1, 0.15) is 45.4 Å². The number of carbonyl (C=O) groups is 1. The number of nitrogens with zero attached hydrogens (tertiary/aromatic N) is 2. The first-order chi connectivity index (χ1) is 9.72. The fourth-order valence-corrected chi connectivity index (χ4v) is 4.23. The molecule has 2 heterocycles. The molecule has 4 nitrogen and oxygen atoms in total. The Kier molecular flexibility index (Phi) is 4.54. The van der Waals surface area contributed by atoms with Crippen molar-refractivity contribution in [2.45, 2.75) is 57.5 Å². The van der Waals surface area contributed by atoms with E-state index in [1.165, 1.54) is 25.7 Å². The van der Waals surface area contributed by atoms with Gasteiger partial charge in [-0.2, -0.15) is 0 Å². The van der Waals surface area contributed by atoms with Crippen LogP contribution < -0.4 is 5.32 Å². The van der Waals surface area contributed by atoms with Gasteiger partial charge < -0.3 is 10.2 Å². The molecule has 2 fully saturated rings. The van der Waals surface area contributed by atoms with Gasteiger partial charge in [0.2, 0.25) is 5.91 Å². The van der Waals surface area contributed by atoms with E-state index in [1.807, 2.05) is 4.90 Å². The van der Waals surface area contributed by atoms with E-state index in [1.54, 1.807) is 11.8 Å². The fraction of sp³-hybridized carbons (Fsp3) is 0.867. The summed E-state index contributed by atoms with van der Waals surface area (Å²) in [7, 11) is 0. The summed E-state index contributed by atoms with van der Waals surface area (Å²) in [6, 6.07) is 1.01. The highest BCUT2D eigenvalue weighted by Crippen LogP contribution is 2.27. The number of likely N-dealkylation sites (tertiary alicyclic amines) is 1. The minimum atomic E-state index is 0.279. The van der Waals surface area contributed by atoms with Crippen molar-refractivity contribution in [1.29, 1.82) is 0 Å². The van der Waals surface area contributed by atoms with Gasteiger partial charge in [-0.1, -0.05) is 31.5 Å². The smallest absolute Gasteiger partial charge is 0.233 e. The normalized spacial score (nSPS) is 30.6. The summed E-state index contributed by atoms with van der Waals surface area (Å²) in [6.07, 6.45) is 7.36. The van der Waals surface area contributed by atoms with Crippen LogP contribution in [-0.4, -0.2) is 46.9 Å². The summed E-state index contributed by atoms with van der Waals surface area (Å²) in [4.78, 5) is 19.0. The summed E-state index contributed by atoms with van der Waals surface area (Å²) in [5.41, 5.74) is 0. The summed E-state index contributed by atoms with van der Waals surface area (Å²) < 4.78 is 0. The predicted molar refractivity (Wildman–Crippen MR) is 84.1 cm³/mol. The summed E-state index contributed by atoms with van der Waals surface area (Å²) in [5, 5.41) is 4.50. The third-order valence-corrected chi connectivity index (χ3v) is 5.68. The number of aliphatic imine (C=N–C) groups is 1. The van der Waals surface area contributed by atoms with Gasteiger partial charge in [0, 0.05) is 13.1 Å². The van der Waals surface area contributed by atoms with Gasteiger partial charge in [-0.15, -0.1) is 0 Å². The molecule has 3 aliphatic rings. The lowest BCUT2D eigenvalue weighted by Crippen LogP contribution is -2.39. The summed E-state index contributed by atoms with van der Waals surface area (Å²) >= 11 is 1.60. The van der Waals surface area contributed by atoms with Gasteiger partial charge in [-0.05, 0) is 31.6 Å². The minimum absolute atomic E-state index is 0.279. The molecule has 0 aromatic heterocycles. The second kappa shape index (κ2) is 6.37. The molecule has 20 heavy (non-hydrogen) atoms. The molecule has 0 bridgehead atoms. The molecule has 0 spiro atoms. The molecule has 112 valence electrons. The number of piperidine rings is 1. The number of amides is 1.